The van der Waals surface area contributed by atoms with Crippen LogP contribution in [0.1, 0.15) is 18.9 Å². The van der Waals surface area contributed by atoms with E-state index in [0.717, 1.165) is 30.1 Å². The molecule has 2 rings (SSSR count). The standard InChI is InChI=1S/C14H21ClN2O/c1-10-8-17(9-12(18-10)6-7-16)14-5-3-4-13(15)11(14)2/h3-5,10,12H,6-9,16H2,1-2H3. The van der Waals surface area contributed by atoms with Gasteiger partial charge in [0.1, 0.15) is 0 Å². The first kappa shape index (κ1) is 13.7. The molecule has 0 radical (unpaired) electrons. The van der Waals surface area contributed by atoms with Crippen LogP contribution >= 0.6 is 11.6 Å². The van der Waals surface area contributed by atoms with E-state index in [4.69, 9.17) is 22.1 Å². The largest absolute Gasteiger partial charge is 0.372 e. The van der Waals surface area contributed by atoms with Crippen molar-refractivity contribution in [3.8, 4) is 0 Å². The maximum absolute atomic E-state index is 6.19. The van der Waals surface area contributed by atoms with Gasteiger partial charge in [-0.15, -0.1) is 0 Å². The lowest BCUT2D eigenvalue weighted by Gasteiger charge is -2.39. The summed E-state index contributed by atoms with van der Waals surface area (Å²) in [6.45, 7) is 6.63. The smallest absolute Gasteiger partial charge is 0.0766 e. The highest BCUT2D eigenvalue weighted by Crippen LogP contribution is 2.29. The SMILES string of the molecule is Cc1c(Cl)cccc1N1CC(C)OC(CCN)C1. The van der Waals surface area contributed by atoms with E-state index in [0.29, 0.717) is 6.54 Å². The third kappa shape index (κ3) is 2.97. The van der Waals surface area contributed by atoms with E-state index in [9.17, 15) is 0 Å². The number of ether oxygens (including phenoxy) is 1. The summed E-state index contributed by atoms with van der Waals surface area (Å²) < 4.78 is 5.89. The van der Waals surface area contributed by atoms with Crippen molar-refractivity contribution >= 4 is 17.3 Å². The Balaban J connectivity index is 2.18. The van der Waals surface area contributed by atoms with E-state index in [2.05, 4.69) is 24.8 Å². The van der Waals surface area contributed by atoms with E-state index in [1.807, 2.05) is 12.1 Å². The topological polar surface area (TPSA) is 38.5 Å². The summed E-state index contributed by atoms with van der Waals surface area (Å²) in [5.74, 6) is 0. The van der Waals surface area contributed by atoms with Crippen LogP contribution in [0.5, 0.6) is 0 Å². The zero-order valence-corrected chi connectivity index (χ0v) is 11.8. The summed E-state index contributed by atoms with van der Waals surface area (Å²) in [7, 11) is 0. The molecule has 1 aliphatic heterocycles. The molecule has 100 valence electrons. The van der Waals surface area contributed by atoms with Crippen molar-refractivity contribution in [3.63, 3.8) is 0 Å². The molecule has 0 aromatic heterocycles. The lowest BCUT2D eigenvalue weighted by Crippen LogP contribution is -2.47. The fraction of sp³-hybridized carbons (Fsp3) is 0.571. The molecular formula is C14H21ClN2O. The van der Waals surface area contributed by atoms with Gasteiger partial charge in [-0.25, -0.2) is 0 Å². The number of nitrogens with two attached hydrogens (primary N) is 1. The second-order valence-corrected chi connectivity index (χ2v) is 5.34. The molecule has 4 heteroatoms. The first-order valence-corrected chi connectivity index (χ1v) is 6.85. The minimum Gasteiger partial charge on any atom is -0.372 e. The van der Waals surface area contributed by atoms with Crippen molar-refractivity contribution in [3.05, 3.63) is 28.8 Å². The fourth-order valence-electron chi connectivity index (χ4n) is 2.53. The fourth-order valence-corrected chi connectivity index (χ4v) is 2.70. The van der Waals surface area contributed by atoms with E-state index in [1.54, 1.807) is 0 Å². The number of benzene rings is 1. The van der Waals surface area contributed by atoms with Crippen LogP contribution < -0.4 is 10.6 Å². The van der Waals surface area contributed by atoms with E-state index >= 15 is 0 Å². The zero-order chi connectivity index (χ0) is 13.1. The van der Waals surface area contributed by atoms with E-state index in [1.165, 1.54) is 5.69 Å². The lowest BCUT2D eigenvalue weighted by atomic mass is 10.1. The van der Waals surface area contributed by atoms with Crippen LogP contribution in [0.15, 0.2) is 18.2 Å². The van der Waals surface area contributed by atoms with Crippen LogP contribution in [0.3, 0.4) is 0 Å². The second kappa shape index (κ2) is 5.91. The predicted molar refractivity (Wildman–Crippen MR) is 76.4 cm³/mol. The van der Waals surface area contributed by atoms with Crippen molar-refractivity contribution in [1.82, 2.24) is 0 Å². The number of rotatable bonds is 3. The van der Waals surface area contributed by atoms with E-state index in [-0.39, 0.29) is 12.2 Å². The van der Waals surface area contributed by atoms with Gasteiger partial charge >= 0.3 is 0 Å². The molecule has 3 nitrogen and oxygen atoms in total. The van der Waals surface area contributed by atoms with Gasteiger partial charge in [-0.1, -0.05) is 17.7 Å². The van der Waals surface area contributed by atoms with Crippen molar-refractivity contribution in [2.45, 2.75) is 32.5 Å². The molecule has 18 heavy (non-hydrogen) atoms. The van der Waals surface area contributed by atoms with Crippen molar-refractivity contribution in [1.29, 1.82) is 0 Å². The average Bonchev–Trinajstić information content (AvgIpc) is 2.32. The monoisotopic (exact) mass is 268 g/mol. The third-order valence-corrected chi connectivity index (χ3v) is 3.80. The van der Waals surface area contributed by atoms with Gasteiger partial charge in [0.05, 0.1) is 12.2 Å². The Hall–Kier alpha value is -0.770. The maximum Gasteiger partial charge on any atom is 0.0766 e. The number of hydrogen-bond donors (Lipinski definition) is 1. The van der Waals surface area contributed by atoms with Crippen LogP contribution in [0.2, 0.25) is 5.02 Å². The molecule has 1 heterocycles. The molecule has 0 amide bonds. The number of nitrogens with zero attached hydrogens (tertiary/aromatic N) is 1. The van der Waals surface area contributed by atoms with Gasteiger partial charge in [0, 0.05) is 23.8 Å². The highest BCUT2D eigenvalue weighted by Gasteiger charge is 2.25. The Bertz CT molecular complexity index is 411. The number of halogens is 1. The molecule has 1 fully saturated rings. The average molecular weight is 269 g/mol. The van der Waals surface area contributed by atoms with Crippen LogP contribution in [0.25, 0.3) is 0 Å². The van der Waals surface area contributed by atoms with Crippen LogP contribution in [0, 0.1) is 6.92 Å². The Morgan fingerprint density at radius 1 is 1.44 bits per heavy atom. The molecule has 2 N–H and O–H groups in total. The summed E-state index contributed by atoms with van der Waals surface area (Å²) in [4.78, 5) is 2.36. The zero-order valence-electron chi connectivity index (χ0n) is 11.0. The van der Waals surface area contributed by atoms with Gasteiger partial charge < -0.3 is 15.4 Å². The summed E-state index contributed by atoms with van der Waals surface area (Å²) in [6.07, 6.45) is 1.35. The van der Waals surface area contributed by atoms with Gasteiger partial charge in [0.25, 0.3) is 0 Å². The number of morpholine rings is 1. The molecule has 0 saturated carbocycles. The molecule has 2 atom stereocenters. The Labute approximate surface area is 114 Å². The van der Waals surface area contributed by atoms with Crippen molar-refractivity contribution in [2.75, 3.05) is 24.5 Å². The normalized spacial score (nSPS) is 24.3. The van der Waals surface area contributed by atoms with Gasteiger partial charge in [-0.2, -0.15) is 0 Å². The Morgan fingerprint density at radius 2 is 2.22 bits per heavy atom. The van der Waals surface area contributed by atoms with Gasteiger partial charge in [0.2, 0.25) is 0 Å². The molecule has 1 aromatic rings. The van der Waals surface area contributed by atoms with Crippen molar-refractivity contribution < 1.29 is 4.74 Å². The number of hydrogen-bond acceptors (Lipinski definition) is 3. The van der Waals surface area contributed by atoms with Gasteiger partial charge in [-0.05, 0) is 44.5 Å². The number of anilines is 1. The second-order valence-electron chi connectivity index (χ2n) is 4.94. The highest BCUT2D eigenvalue weighted by atomic mass is 35.5. The minimum absolute atomic E-state index is 0.220. The van der Waals surface area contributed by atoms with Crippen LogP contribution in [0.4, 0.5) is 5.69 Å². The van der Waals surface area contributed by atoms with Crippen molar-refractivity contribution in [2.24, 2.45) is 5.73 Å². The minimum atomic E-state index is 0.220. The van der Waals surface area contributed by atoms with Crippen LogP contribution in [-0.2, 0) is 4.74 Å². The third-order valence-electron chi connectivity index (χ3n) is 3.39. The highest BCUT2D eigenvalue weighted by molar-refractivity contribution is 6.31. The quantitative estimate of drug-likeness (QED) is 0.916. The predicted octanol–water partition coefficient (Wildman–Crippen LogP) is 2.59. The first-order chi connectivity index (χ1) is 8.61. The summed E-state index contributed by atoms with van der Waals surface area (Å²) in [5.41, 5.74) is 7.97. The Kier molecular flexibility index (Phi) is 4.49. The molecule has 2 unspecified atom stereocenters. The summed E-state index contributed by atoms with van der Waals surface area (Å²) in [6, 6.07) is 6.06. The summed E-state index contributed by atoms with van der Waals surface area (Å²) >= 11 is 6.19. The molecule has 0 aliphatic carbocycles. The van der Waals surface area contributed by atoms with Gasteiger partial charge in [-0.3, -0.25) is 0 Å². The molecule has 0 spiro atoms. The maximum atomic E-state index is 6.19. The van der Waals surface area contributed by atoms with E-state index < -0.39 is 0 Å². The molecule has 1 saturated heterocycles. The Morgan fingerprint density at radius 3 is 2.94 bits per heavy atom. The first-order valence-electron chi connectivity index (χ1n) is 6.47. The van der Waals surface area contributed by atoms with Gasteiger partial charge in [0.15, 0.2) is 0 Å². The molecular weight excluding hydrogens is 248 g/mol. The summed E-state index contributed by atoms with van der Waals surface area (Å²) in [5, 5.41) is 0.821. The van der Waals surface area contributed by atoms with Crippen LogP contribution in [-0.4, -0.2) is 31.8 Å². The molecule has 1 aromatic carbocycles. The lowest BCUT2D eigenvalue weighted by molar-refractivity contribution is -0.0183. The molecule has 0 bridgehead atoms. The molecule has 1 aliphatic rings.